The number of carbonyl (C=O) groups excluding carboxylic acids is 1. The first kappa shape index (κ1) is 12.9. The molecule has 0 saturated carbocycles. The van der Waals surface area contributed by atoms with Crippen molar-refractivity contribution >= 4 is 5.91 Å². The molecule has 0 bridgehead atoms. The van der Waals surface area contributed by atoms with E-state index in [4.69, 9.17) is 5.26 Å². The van der Waals surface area contributed by atoms with Gasteiger partial charge in [0.1, 0.15) is 0 Å². The highest BCUT2D eigenvalue weighted by atomic mass is 16.1. The lowest BCUT2D eigenvalue weighted by Crippen LogP contribution is -2.41. The zero-order valence-corrected chi connectivity index (χ0v) is 9.13. The molecular weight excluding hydrogens is 178 g/mol. The number of amides is 1. The molecule has 0 aliphatic heterocycles. The van der Waals surface area contributed by atoms with Crippen LogP contribution >= 0.6 is 0 Å². The minimum Gasteiger partial charge on any atom is -0.351 e. The van der Waals surface area contributed by atoms with Crippen LogP contribution in [0.3, 0.4) is 0 Å². The van der Waals surface area contributed by atoms with Gasteiger partial charge in [0, 0.05) is 12.1 Å². The summed E-state index contributed by atoms with van der Waals surface area (Å²) in [6.45, 7) is 6.25. The minimum atomic E-state index is -0.0409. The molecule has 4 nitrogen and oxygen atoms in total. The number of nitrogens with zero attached hydrogens (tertiary/aromatic N) is 1. The van der Waals surface area contributed by atoms with Crippen LogP contribution in [0.2, 0.25) is 0 Å². The summed E-state index contributed by atoms with van der Waals surface area (Å²) in [4.78, 5) is 11.3. The van der Waals surface area contributed by atoms with Crippen LogP contribution in [0.5, 0.6) is 0 Å². The average Bonchev–Trinajstić information content (AvgIpc) is 2.14. The predicted octanol–water partition coefficient (Wildman–Crippen LogP) is 0.793. The Kier molecular flexibility index (Phi) is 6.77. The summed E-state index contributed by atoms with van der Waals surface area (Å²) in [6, 6.07) is 2.34. The highest BCUT2D eigenvalue weighted by molar-refractivity contribution is 5.78. The van der Waals surface area contributed by atoms with Crippen LogP contribution in [0, 0.1) is 11.3 Å². The Morgan fingerprint density at radius 3 is 2.57 bits per heavy atom. The van der Waals surface area contributed by atoms with E-state index >= 15 is 0 Å². The maximum absolute atomic E-state index is 11.3. The van der Waals surface area contributed by atoms with E-state index in [1.54, 1.807) is 0 Å². The molecule has 1 atom stereocenters. The van der Waals surface area contributed by atoms with E-state index in [0.29, 0.717) is 19.0 Å². The number of hydrogen-bond donors (Lipinski definition) is 2. The van der Waals surface area contributed by atoms with Gasteiger partial charge in [0.2, 0.25) is 5.91 Å². The van der Waals surface area contributed by atoms with E-state index in [-0.39, 0.29) is 11.9 Å². The fraction of sp³-hybridized carbons (Fsp3) is 0.800. The molecule has 14 heavy (non-hydrogen) atoms. The van der Waals surface area contributed by atoms with Crippen molar-refractivity contribution in [2.45, 2.75) is 45.7 Å². The van der Waals surface area contributed by atoms with Gasteiger partial charge >= 0.3 is 0 Å². The first-order chi connectivity index (χ1) is 6.60. The summed E-state index contributed by atoms with van der Waals surface area (Å²) in [6.07, 6.45) is 1.17. The number of hydrogen-bond acceptors (Lipinski definition) is 3. The van der Waals surface area contributed by atoms with Gasteiger partial charge in [-0.05, 0) is 6.42 Å². The molecule has 2 N–H and O–H groups in total. The average molecular weight is 197 g/mol. The van der Waals surface area contributed by atoms with Crippen molar-refractivity contribution in [2.75, 3.05) is 6.54 Å². The van der Waals surface area contributed by atoms with E-state index in [1.165, 1.54) is 0 Å². The monoisotopic (exact) mass is 197 g/mol. The summed E-state index contributed by atoms with van der Waals surface area (Å²) in [7, 11) is 0. The Balaban J connectivity index is 3.74. The highest BCUT2D eigenvalue weighted by Gasteiger charge is 2.09. The molecule has 0 rings (SSSR count). The van der Waals surface area contributed by atoms with Crippen LogP contribution in [0.1, 0.15) is 33.6 Å². The molecule has 0 heterocycles. The molecule has 0 spiro atoms. The molecule has 1 unspecified atom stereocenters. The van der Waals surface area contributed by atoms with Crippen LogP contribution in [0.25, 0.3) is 0 Å². The van der Waals surface area contributed by atoms with E-state index in [0.717, 1.165) is 6.42 Å². The molecule has 0 aromatic heterocycles. The van der Waals surface area contributed by atoms with Crippen LogP contribution in [-0.4, -0.2) is 24.5 Å². The molecule has 80 valence electrons. The van der Waals surface area contributed by atoms with Crippen molar-refractivity contribution in [3.8, 4) is 6.07 Å². The fourth-order valence-corrected chi connectivity index (χ4v) is 0.983. The van der Waals surface area contributed by atoms with Crippen LogP contribution in [0.15, 0.2) is 0 Å². The van der Waals surface area contributed by atoms with Gasteiger partial charge in [-0.25, -0.2) is 0 Å². The number of nitriles is 1. The van der Waals surface area contributed by atoms with Crippen molar-refractivity contribution in [3.05, 3.63) is 0 Å². The second-order valence-electron chi connectivity index (χ2n) is 3.57. The third-order valence-electron chi connectivity index (χ3n) is 1.87. The van der Waals surface area contributed by atoms with E-state index in [1.807, 2.05) is 20.8 Å². The number of nitrogens with one attached hydrogen (secondary N) is 2. The Labute approximate surface area is 85.7 Å². The zero-order chi connectivity index (χ0) is 11.0. The molecule has 0 aliphatic rings. The van der Waals surface area contributed by atoms with Gasteiger partial charge < -0.3 is 10.6 Å². The highest BCUT2D eigenvalue weighted by Crippen LogP contribution is 1.95. The van der Waals surface area contributed by atoms with Crippen LogP contribution in [-0.2, 0) is 4.79 Å². The standard InChI is InChI=1S/C10H19N3O/c1-4-9(5-6-11)13-10(14)7-12-8(2)3/h8-9,12H,4-5,7H2,1-3H3,(H,13,14). The molecular formula is C10H19N3O. The Hall–Kier alpha value is -1.08. The van der Waals surface area contributed by atoms with Gasteiger partial charge in [-0.3, -0.25) is 4.79 Å². The SMILES string of the molecule is CCC(CC#N)NC(=O)CNC(C)C. The largest absolute Gasteiger partial charge is 0.351 e. The maximum atomic E-state index is 11.3. The van der Waals surface area contributed by atoms with E-state index in [9.17, 15) is 4.79 Å². The summed E-state index contributed by atoms with van der Waals surface area (Å²) in [5.74, 6) is -0.0409. The number of rotatable bonds is 6. The molecule has 1 amide bonds. The maximum Gasteiger partial charge on any atom is 0.234 e. The Morgan fingerprint density at radius 2 is 2.14 bits per heavy atom. The van der Waals surface area contributed by atoms with Gasteiger partial charge in [0.25, 0.3) is 0 Å². The molecule has 0 radical (unpaired) electrons. The van der Waals surface area contributed by atoms with Crippen molar-refractivity contribution in [1.82, 2.24) is 10.6 Å². The molecule has 0 fully saturated rings. The second-order valence-corrected chi connectivity index (χ2v) is 3.57. The zero-order valence-electron chi connectivity index (χ0n) is 9.13. The summed E-state index contributed by atoms with van der Waals surface area (Å²) < 4.78 is 0. The van der Waals surface area contributed by atoms with Crippen LogP contribution in [0.4, 0.5) is 0 Å². The first-order valence-corrected chi connectivity index (χ1v) is 4.99. The third kappa shape index (κ3) is 6.44. The smallest absolute Gasteiger partial charge is 0.234 e. The molecule has 0 saturated heterocycles. The minimum absolute atomic E-state index is 0.0125. The van der Waals surface area contributed by atoms with Gasteiger partial charge in [-0.1, -0.05) is 20.8 Å². The fourth-order valence-electron chi connectivity index (χ4n) is 0.983. The van der Waals surface area contributed by atoms with Crippen LogP contribution < -0.4 is 10.6 Å². The topological polar surface area (TPSA) is 64.9 Å². The summed E-state index contributed by atoms with van der Waals surface area (Å²) in [5.41, 5.74) is 0. The second kappa shape index (κ2) is 7.34. The van der Waals surface area contributed by atoms with Gasteiger partial charge in [-0.15, -0.1) is 0 Å². The van der Waals surface area contributed by atoms with Gasteiger partial charge in [-0.2, -0.15) is 5.26 Å². The first-order valence-electron chi connectivity index (χ1n) is 4.99. The quantitative estimate of drug-likeness (QED) is 0.661. The van der Waals surface area contributed by atoms with E-state index in [2.05, 4.69) is 16.7 Å². The normalized spacial score (nSPS) is 12.2. The molecule has 0 aliphatic carbocycles. The molecule has 4 heteroatoms. The summed E-state index contributed by atoms with van der Waals surface area (Å²) >= 11 is 0. The van der Waals surface area contributed by atoms with Crippen molar-refractivity contribution in [2.24, 2.45) is 0 Å². The van der Waals surface area contributed by atoms with Crippen molar-refractivity contribution < 1.29 is 4.79 Å². The lowest BCUT2D eigenvalue weighted by molar-refractivity contribution is -0.121. The Morgan fingerprint density at radius 1 is 1.50 bits per heavy atom. The Bertz CT molecular complexity index is 208. The van der Waals surface area contributed by atoms with Gasteiger partial charge in [0.05, 0.1) is 19.0 Å². The van der Waals surface area contributed by atoms with E-state index < -0.39 is 0 Å². The molecule has 0 aromatic rings. The van der Waals surface area contributed by atoms with Gasteiger partial charge in [0.15, 0.2) is 0 Å². The third-order valence-corrected chi connectivity index (χ3v) is 1.87. The number of carbonyl (C=O) groups is 1. The lowest BCUT2D eigenvalue weighted by Gasteiger charge is -2.14. The predicted molar refractivity (Wildman–Crippen MR) is 55.6 cm³/mol. The molecule has 0 aromatic carbocycles. The summed E-state index contributed by atoms with van der Waals surface area (Å²) in [5, 5.41) is 14.3. The van der Waals surface area contributed by atoms with Crippen molar-refractivity contribution in [3.63, 3.8) is 0 Å². The lowest BCUT2D eigenvalue weighted by atomic mass is 10.1. The van der Waals surface area contributed by atoms with Crippen molar-refractivity contribution in [1.29, 1.82) is 5.26 Å².